The Balaban J connectivity index is 0.00000504. The van der Waals surface area contributed by atoms with Crippen molar-refractivity contribution in [1.29, 1.82) is 0 Å². The van der Waals surface area contributed by atoms with E-state index in [0.29, 0.717) is 39.3 Å². The zero-order valence-corrected chi connectivity index (χ0v) is 35.3. The van der Waals surface area contributed by atoms with Gasteiger partial charge in [0.2, 0.25) is 0 Å². The predicted octanol–water partition coefficient (Wildman–Crippen LogP) is 10.9. The Labute approximate surface area is 373 Å². The van der Waals surface area contributed by atoms with E-state index in [1.54, 1.807) is 17.8 Å². The van der Waals surface area contributed by atoms with Crippen LogP contribution in [0.2, 0.25) is 0 Å². The zero-order chi connectivity index (χ0) is 42.3. The first-order valence-electron chi connectivity index (χ1n) is 20.1. The SMILES string of the molecule is COC(=O)c1cn(C)c(C2=Cc3nc2c(-c2ccccc2)c2ccc([n-]2)c(-c2ccccc2)c2nc(c(-c4ccccc4)c4ccc([n-]4)c3-c3ccccc3)C=C2)c1C(=O)OC.[Ni+2]. The summed E-state index contributed by atoms with van der Waals surface area (Å²) < 4.78 is 12.3. The molecule has 10 rings (SSSR count). The molecule has 63 heavy (non-hydrogen) atoms. The molecule has 0 radical (unpaired) electrons. The van der Waals surface area contributed by atoms with Crippen molar-refractivity contribution in [1.82, 2.24) is 24.5 Å². The minimum atomic E-state index is -0.690. The normalized spacial score (nSPS) is 11.8. The van der Waals surface area contributed by atoms with E-state index in [1.807, 2.05) is 133 Å². The quantitative estimate of drug-likeness (QED) is 0.115. The predicted molar refractivity (Wildman–Crippen MR) is 245 cm³/mol. The Hall–Kier alpha value is -7.81. The molecule has 0 unspecified atom stereocenters. The average molecular weight is 867 g/mol. The van der Waals surface area contributed by atoms with E-state index in [-0.39, 0.29) is 27.6 Å². The minimum absolute atomic E-state index is 0. The van der Waals surface area contributed by atoms with Crippen LogP contribution in [0.3, 0.4) is 0 Å². The number of carbonyl (C=O) groups is 2. The molecule has 4 aromatic heterocycles. The molecule has 0 aliphatic carbocycles. The number of rotatable bonds is 7. The Morgan fingerprint density at radius 1 is 0.508 bits per heavy atom. The van der Waals surface area contributed by atoms with Crippen LogP contribution < -0.4 is 9.97 Å². The van der Waals surface area contributed by atoms with Crippen LogP contribution >= 0.6 is 0 Å². The van der Waals surface area contributed by atoms with Crippen LogP contribution in [0.5, 0.6) is 0 Å². The van der Waals surface area contributed by atoms with Gasteiger partial charge in [0.15, 0.2) is 0 Å². The van der Waals surface area contributed by atoms with Crippen molar-refractivity contribution in [2.24, 2.45) is 7.05 Å². The fourth-order valence-corrected chi connectivity index (χ4v) is 8.47. The fourth-order valence-electron chi connectivity index (χ4n) is 8.47. The molecule has 0 spiro atoms. The van der Waals surface area contributed by atoms with Crippen LogP contribution in [0, 0.1) is 0 Å². The number of esters is 2. The Kier molecular flexibility index (Phi) is 10.9. The summed E-state index contributed by atoms with van der Waals surface area (Å²) in [4.78, 5) is 48.9. The summed E-state index contributed by atoms with van der Waals surface area (Å²) in [5, 5.41) is 0. The molecule has 0 saturated carbocycles. The molecule has 0 N–H and O–H groups in total. The number of fused-ring (bicyclic) bond motifs is 8. The van der Waals surface area contributed by atoms with Gasteiger partial charge in [0.1, 0.15) is 0 Å². The van der Waals surface area contributed by atoms with Gasteiger partial charge in [-0.1, -0.05) is 146 Å². The largest absolute Gasteiger partial charge is 2.00 e. The fraction of sp³-hybridized carbons (Fsp3) is 0.0566. The summed E-state index contributed by atoms with van der Waals surface area (Å²) in [6.07, 6.45) is 7.66. The molecule has 2 aliphatic heterocycles. The van der Waals surface area contributed by atoms with Gasteiger partial charge in [-0.3, -0.25) is 0 Å². The molecule has 8 bridgehead atoms. The molecule has 0 saturated heterocycles. The van der Waals surface area contributed by atoms with Crippen molar-refractivity contribution in [3.05, 3.63) is 191 Å². The Morgan fingerprint density at radius 3 is 1.33 bits per heavy atom. The third kappa shape index (κ3) is 7.20. The maximum atomic E-state index is 13.8. The van der Waals surface area contributed by atoms with E-state index < -0.39 is 11.9 Å². The van der Waals surface area contributed by atoms with Crippen molar-refractivity contribution < 1.29 is 35.6 Å². The van der Waals surface area contributed by atoms with E-state index in [1.165, 1.54) is 14.2 Å². The van der Waals surface area contributed by atoms with Crippen LogP contribution in [0.1, 0.15) is 49.2 Å². The average Bonchev–Trinajstić information content (AvgIpc) is 4.18. The molecule has 6 heterocycles. The Morgan fingerprint density at radius 2 is 0.905 bits per heavy atom. The number of ether oxygens (including phenoxy) is 2. The molecule has 0 fully saturated rings. The molecular weight excluding hydrogens is 829 g/mol. The van der Waals surface area contributed by atoms with Gasteiger partial charge in [-0.25, -0.2) is 19.6 Å². The maximum absolute atomic E-state index is 13.8. The van der Waals surface area contributed by atoms with Gasteiger partial charge in [-0.2, -0.15) is 0 Å². The van der Waals surface area contributed by atoms with Crippen molar-refractivity contribution in [2.75, 3.05) is 14.2 Å². The van der Waals surface area contributed by atoms with E-state index >= 15 is 0 Å². The van der Waals surface area contributed by atoms with Crippen molar-refractivity contribution in [3.63, 3.8) is 0 Å². The van der Waals surface area contributed by atoms with Gasteiger partial charge >= 0.3 is 28.4 Å². The summed E-state index contributed by atoms with van der Waals surface area (Å²) in [5.41, 5.74) is 13.5. The molecule has 9 nitrogen and oxygen atoms in total. The molecule has 0 amide bonds. The number of nitrogens with zero attached hydrogens (tertiary/aromatic N) is 5. The van der Waals surface area contributed by atoms with Crippen molar-refractivity contribution in [3.8, 4) is 44.5 Å². The molecular formula is C53H37N5NiO4. The van der Waals surface area contributed by atoms with Gasteiger partial charge in [-0.05, 0) is 62.7 Å². The molecule has 2 aliphatic rings. The number of aromatic nitrogens is 5. The first kappa shape index (κ1) is 40.6. The monoisotopic (exact) mass is 865 g/mol. The number of hydrogen-bond donors (Lipinski definition) is 0. The van der Waals surface area contributed by atoms with Crippen molar-refractivity contribution in [2.45, 2.75) is 0 Å². The number of hydrogen-bond acceptors (Lipinski definition) is 6. The van der Waals surface area contributed by atoms with Gasteiger partial charge in [0, 0.05) is 18.8 Å². The van der Waals surface area contributed by atoms with E-state index in [9.17, 15) is 9.59 Å². The third-order valence-electron chi connectivity index (χ3n) is 11.2. The zero-order valence-electron chi connectivity index (χ0n) is 34.4. The summed E-state index contributed by atoms with van der Waals surface area (Å²) >= 11 is 0. The second kappa shape index (κ2) is 16.9. The number of benzene rings is 4. The number of aryl methyl sites for hydroxylation is 1. The molecule has 308 valence electrons. The van der Waals surface area contributed by atoms with Crippen LogP contribution in [-0.2, 0) is 33.0 Å². The van der Waals surface area contributed by atoms with Crippen LogP contribution in [0.4, 0.5) is 0 Å². The second-order valence-corrected chi connectivity index (χ2v) is 14.9. The molecule has 8 aromatic rings. The molecule has 4 aromatic carbocycles. The van der Waals surface area contributed by atoms with E-state index in [4.69, 9.17) is 29.4 Å². The van der Waals surface area contributed by atoms with Crippen LogP contribution in [-0.4, -0.2) is 40.7 Å². The number of methoxy groups -OCH3 is 2. The second-order valence-electron chi connectivity index (χ2n) is 14.9. The van der Waals surface area contributed by atoms with Gasteiger partial charge in [-0.15, -0.1) is 22.1 Å². The summed E-state index contributed by atoms with van der Waals surface area (Å²) in [7, 11) is 4.37. The van der Waals surface area contributed by atoms with Crippen molar-refractivity contribution >= 4 is 57.8 Å². The summed E-state index contributed by atoms with van der Waals surface area (Å²) in [5.74, 6) is -1.36. The molecule has 10 heteroatoms. The Bertz CT molecular complexity index is 3290. The van der Waals surface area contributed by atoms with Gasteiger partial charge in [0.25, 0.3) is 0 Å². The summed E-state index contributed by atoms with van der Waals surface area (Å²) in [6, 6.07) is 48.4. The molecule has 0 atom stereocenters. The first-order valence-corrected chi connectivity index (χ1v) is 20.1. The summed E-state index contributed by atoms with van der Waals surface area (Å²) in [6.45, 7) is 0. The van der Waals surface area contributed by atoms with E-state index in [2.05, 4.69) is 30.3 Å². The number of carbonyl (C=O) groups excluding carboxylic acids is 2. The maximum Gasteiger partial charge on any atom is 2.00 e. The first-order chi connectivity index (χ1) is 30.4. The van der Waals surface area contributed by atoms with Crippen LogP contribution in [0.25, 0.3) is 90.4 Å². The smallest absolute Gasteiger partial charge is 0.657 e. The van der Waals surface area contributed by atoms with Gasteiger partial charge in [0.05, 0.1) is 53.8 Å². The van der Waals surface area contributed by atoms with E-state index in [0.717, 1.165) is 61.4 Å². The van der Waals surface area contributed by atoms with Gasteiger partial charge < -0.3 is 24.0 Å². The van der Waals surface area contributed by atoms with Crippen LogP contribution in [0.15, 0.2) is 152 Å². The topological polar surface area (TPSA) is 112 Å². The minimum Gasteiger partial charge on any atom is -0.657 e. The standard InChI is InChI=1S/C53H38N5O4.Ni/c1-58-31-37(52(59)61-2)49(53(60)62-3)51(58)36-30-44-47(34-20-12-6-13-21-34)42-27-26-40(55-42)45(32-16-8-4-9-17-32)38-24-25-39(54-38)46(33-18-10-5-11-19-33)41-28-29-43(56-41)48(50(36)57-44)35-22-14-7-15-23-35;/h4-31H,1-3H3,(H-,54,55,56,57,60);/q-1;+2/p-1. The third-order valence-corrected chi connectivity index (χ3v) is 11.2.